The summed E-state index contributed by atoms with van der Waals surface area (Å²) in [4.78, 5) is 14.6. The number of ether oxygens (including phenoxy) is 3. The van der Waals surface area contributed by atoms with Crippen molar-refractivity contribution in [2.45, 2.75) is 19.5 Å². The minimum Gasteiger partial charge on any atom is -0.481 e. The molecular formula is C11H11F4NO4. The summed E-state index contributed by atoms with van der Waals surface area (Å²) in [5, 5.41) is 0. The highest BCUT2D eigenvalue weighted by Crippen LogP contribution is 2.30. The van der Waals surface area contributed by atoms with E-state index in [1.54, 1.807) is 0 Å². The first-order valence-electron chi connectivity index (χ1n) is 5.26. The maximum atomic E-state index is 12.8. The molecule has 0 saturated carbocycles. The predicted molar refractivity (Wildman–Crippen MR) is 58.0 cm³/mol. The molecule has 0 fully saturated rings. The molecule has 0 aromatic carbocycles. The third kappa shape index (κ3) is 4.25. The minimum absolute atomic E-state index is 0.0986. The molecule has 0 saturated heterocycles. The largest absolute Gasteiger partial charge is 0.574 e. The first-order chi connectivity index (χ1) is 9.30. The molecule has 0 N–H and O–H groups in total. The van der Waals surface area contributed by atoms with Crippen LogP contribution in [0, 0.1) is 0 Å². The van der Waals surface area contributed by atoms with Crippen molar-refractivity contribution >= 4 is 5.97 Å². The highest BCUT2D eigenvalue weighted by molar-refractivity contribution is 5.73. The van der Waals surface area contributed by atoms with Crippen LogP contribution in [0.15, 0.2) is 6.07 Å². The zero-order valence-electron chi connectivity index (χ0n) is 10.6. The number of nitrogens with zero attached hydrogens (tertiary/aromatic N) is 1. The van der Waals surface area contributed by atoms with Gasteiger partial charge in [0.15, 0.2) is 0 Å². The number of carbonyl (C=O) groups is 1. The van der Waals surface area contributed by atoms with Gasteiger partial charge in [0.2, 0.25) is 11.8 Å². The van der Waals surface area contributed by atoms with Gasteiger partial charge in [0, 0.05) is 11.1 Å². The van der Waals surface area contributed by atoms with E-state index in [0.29, 0.717) is 0 Å². The fraction of sp³-hybridized carbons (Fsp3) is 0.455. The topological polar surface area (TPSA) is 57.7 Å². The zero-order valence-corrected chi connectivity index (χ0v) is 10.6. The number of esters is 1. The van der Waals surface area contributed by atoms with Crippen LogP contribution in [0.5, 0.6) is 11.8 Å². The molecule has 9 heteroatoms. The number of halogens is 4. The van der Waals surface area contributed by atoms with Crippen LogP contribution in [-0.4, -0.2) is 31.5 Å². The van der Waals surface area contributed by atoms with Gasteiger partial charge in [-0.05, 0) is 6.07 Å². The van der Waals surface area contributed by atoms with Crippen molar-refractivity contribution in [3.8, 4) is 11.8 Å². The van der Waals surface area contributed by atoms with Gasteiger partial charge in [-0.1, -0.05) is 0 Å². The summed E-state index contributed by atoms with van der Waals surface area (Å²) in [6, 6.07) is 1.02. The summed E-state index contributed by atoms with van der Waals surface area (Å²) in [7, 11) is 2.29. The van der Waals surface area contributed by atoms with Gasteiger partial charge in [0.1, 0.15) is 6.67 Å². The van der Waals surface area contributed by atoms with Gasteiger partial charge < -0.3 is 14.2 Å². The van der Waals surface area contributed by atoms with E-state index in [1.807, 2.05) is 0 Å². The van der Waals surface area contributed by atoms with Crippen LogP contribution in [0.2, 0.25) is 0 Å². The molecule has 0 bridgehead atoms. The van der Waals surface area contributed by atoms with E-state index in [0.717, 1.165) is 20.3 Å². The second-order valence-corrected chi connectivity index (χ2v) is 3.56. The summed E-state index contributed by atoms with van der Waals surface area (Å²) in [5.74, 6) is -1.89. The Labute approximate surface area is 111 Å². The maximum absolute atomic E-state index is 12.8. The van der Waals surface area contributed by atoms with Crippen LogP contribution in [0.25, 0.3) is 0 Å². The summed E-state index contributed by atoms with van der Waals surface area (Å²) in [6.07, 6.45) is -5.32. The standard InChI is InChI=1S/C11H11F4NO4/c1-18-8(17)4-6-3-7(5-12)10(16-9(6)19-2)20-11(13,14)15/h3H,4-5H2,1-2H3. The molecule has 0 amide bonds. The Bertz CT molecular complexity index is 490. The quantitative estimate of drug-likeness (QED) is 0.616. The summed E-state index contributed by atoms with van der Waals surface area (Å²) < 4.78 is 62.0. The smallest absolute Gasteiger partial charge is 0.481 e. The lowest BCUT2D eigenvalue weighted by Crippen LogP contribution is -2.19. The van der Waals surface area contributed by atoms with Crippen molar-refractivity contribution in [3.63, 3.8) is 0 Å². The third-order valence-corrected chi connectivity index (χ3v) is 2.21. The number of hydrogen-bond acceptors (Lipinski definition) is 5. The fourth-order valence-corrected chi connectivity index (χ4v) is 1.39. The molecule has 1 aromatic rings. The van der Waals surface area contributed by atoms with Crippen LogP contribution >= 0.6 is 0 Å². The Hall–Kier alpha value is -2.06. The van der Waals surface area contributed by atoms with Crippen LogP contribution in [0.4, 0.5) is 17.6 Å². The SMILES string of the molecule is COC(=O)Cc1cc(CF)c(OC(F)(F)F)nc1OC. The minimum atomic E-state index is -5.01. The van der Waals surface area contributed by atoms with Gasteiger partial charge in [-0.3, -0.25) is 4.79 Å². The Morgan fingerprint density at radius 2 is 1.90 bits per heavy atom. The van der Waals surface area contributed by atoms with Gasteiger partial charge in [0.25, 0.3) is 0 Å². The summed E-state index contributed by atoms with van der Waals surface area (Å²) >= 11 is 0. The van der Waals surface area contributed by atoms with E-state index in [1.165, 1.54) is 0 Å². The number of pyridine rings is 1. The molecule has 1 heterocycles. The highest BCUT2D eigenvalue weighted by Gasteiger charge is 2.33. The van der Waals surface area contributed by atoms with Crippen LogP contribution < -0.4 is 9.47 Å². The molecular weight excluding hydrogens is 286 g/mol. The molecule has 0 aliphatic rings. The van der Waals surface area contributed by atoms with Crippen molar-refractivity contribution in [1.82, 2.24) is 4.98 Å². The van der Waals surface area contributed by atoms with Crippen molar-refractivity contribution in [3.05, 3.63) is 17.2 Å². The van der Waals surface area contributed by atoms with E-state index >= 15 is 0 Å². The van der Waals surface area contributed by atoms with Crippen molar-refractivity contribution in [2.24, 2.45) is 0 Å². The van der Waals surface area contributed by atoms with Gasteiger partial charge in [0.05, 0.1) is 20.6 Å². The number of alkyl halides is 4. The van der Waals surface area contributed by atoms with Crippen molar-refractivity contribution in [1.29, 1.82) is 0 Å². The van der Waals surface area contributed by atoms with Crippen molar-refractivity contribution < 1.29 is 36.6 Å². The number of hydrogen-bond donors (Lipinski definition) is 0. The lowest BCUT2D eigenvalue weighted by atomic mass is 10.1. The maximum Gasteiger partial charge on any atom is 0.574 e. The third-order valence-electron chi connectivity index (χ3n) is 2.21. The molecule has 0 spiro atoms. The fourth-order valence-electron chi connectivity index (χ4n) is 1.39. The monoisotopic (exact) mass is 297 g/mol. The second kappa shape index (κ2) is 6.40. The lowest BCUT2D eigenvalue weighted by Gasteiger charge is -2.14. The number of rotatable bonds is 5. The number of aromatic nitrogens is 1. The Morgan fingerprint density at radius 1 is 1.25 bits per heavy atom. The predicted octanol–water partition coefficient (Wildman–Crippen LogP) is 2.17. The Morgan fingerprint density at radius 3 is 2.35 bits per heavy atom. The molecule has 1 rings (SSSR count). The molecule has 0 aliphatic heterocycles. The first-order valence-corrected chi connectivity index (χ1v) is 5.26. The molecule has 20 heavy (non-hydrogen) atoms. The van der Waals surface area contributed by atoms with Crippen LogP contribution in [0.1, 0.15) is 11.1 Å². The summed E-state index contributed by atoms with van der Waals surface area (Å²) in [5.41, 5.74) is -0.344. The van der Waals surface area contributed by atoms with E-state index in [9.17, 15) is 22.4 Å². The average molecular weight is 297 g/mol. The normalized spacial score (nSPS) is 11.1. The van der Waals surface area contributed by atoms with E-state index in [2.05, 4.69) is 14.5 Å². The molecule has 5 nitrogen and oxygen atoms in total. The van der Waals surface area contributed by atoms with Crippen molar-refractivity contribution in [2.75, 3.05) is 14.2 Å². The Kier molecular flexibility index (Phi) is 5.12. The van der Waals surface area contributed by atoms with Gasteiger partial charge >= 0.3 is 12.3 Å². The van der Waals surface area contributed by atoms with E-state index in [4.69, 9.17) is 4.74 Å². The van der Waals surface area contributed by atoms with Gasteiger partial charge in [-0.2, -0.15) is 4.98 Å². The second-order valence-electron chi connectivity index (χ2n) is 3.56. The Balaban J connectivity index is 3.19. The highest BCUT2D eigenvalue weighted by atomic mass is 19.4. The number of carbonyl (C=O) groups excluding carboxylic acids is 1. The van der Waals surface area contributed by atoms with Gasteiger partial charge in [-0.25, -0.2) is 4.39 Å². The molecule has 0 atom stereocenters. The first kappa shape index (κ1) is 16.0. The summed E-state index contributed by atoms with van der Waals surface area (Å²) in [6.45, 7) is -1.24. The lowest BCUT2D eigenvalue weighted by molar-refractivity contribution is -0.276. The molecule has 112 valence electrons. The number of methoxy groups -OCH3 is 2. The van der Waals surface area contributed by atoms with Crippen LogP contribution in [0.3, 0.4) is 0 Å². The molecule has 0 aliphatic carbocycles. The average Bonchev–Trinajstić information content (AvgIpc) is 2.37. The van der Waals surface area contributed by atoms with E-state index in [-0.39, 0.29) is 17.9 Å². The zero-order chi connectivity index (χ0) is 15.3. The molecule has 0 radical (unpaired) electrons. The molecule has 0 unspecified atom stereocenters. The van der Waals surface area contributed by atoms with Gasteiger partial charge in [-0.15, -0.1) is 13.2 Å². The molecule has 1 aromatic heterocycles. The van der Waals surface area contributed by atoms with E-state index < -0.39 is 30.4 Å². The van der Waals surface area contributed by atoms with Crippen LogP contribution in [-0.2, 0) is 22.6 Å².